The Morgan fingerprint density at radius 2 is 1.05 bits per heavy atom. The molecule has 0 aromatic heterocycles. The molecule has 5 nitrogen and oxygen atoms in total. The molecule has 0 heterocycles. The van der Waals surface area contributed by atoms with E-state index in [2.05, 4.69) is 0 Å². The van der Waals surface area contributed by atoms with Crippen LogP contribution in [0.5, 0.6) is 0 Å². The molecule has 0 aliphatic heterocycles. The maximum atomic E-state index is 12.8. The molecule has 0 aromatic carbocycles. The first-order valence-corrected chi connectivity index (χ1v) is 5.73. The molecule has 0 atom stereocenters. The van der Waals surface area contributed by atoms with Crippen molar-refractivity contribution < 1.29 is 66.8 Å². The van der Waals surface area contributed by atoms with E-state index >= 15 is 0 Å². The van der Waals surface area contributed by atoms with Crippen LogP contribution in [0.15, 0.2) is 0 Å². The highest BCUT2D eigenvalue weighted by Gasteiger charge is 2.90. The molecule has 0 aliphatic carbocycles. The van der Waals surface area contributed by atoms with Crippen molar-refractivity contribution in [2.24, 2.45) is 0 Å². The molecular formula is C6H2F10O5S. The third kappa shape index (κ3) is 2.37. The van der Waals surface area contributed by atoms with Crippen LogP contribution < -0.4 is 0 Å². The third-order valence-electron chi connectivity index (χ3n) is 2.14. The Kier molecular flexibility index (Phi) is 4.55. The van der Waals surface area contributed by atoms with Crippen LogP contribution in [-0.2, 0) is 14.9 Å². The number of aliphatic carboxylic acids is 1. The van der Waals surface area contributed by atoms with Crippen molar-refractivity contribution in [1.82, 2.24) is 0 Å². The lowest BCUT2D eigenvalue weighted by Crippen LogP contribution is -2.69. The summed E-state index contributed by atoms with van der Waals surface area (Å²) in [5, 5.41) is 0.273. The average molecular weight is 376 g/mol. The predicted molar refractivity (Wildman–Crippen MR) is 43.9 cm³/mol. The number of carboxylic acid groups (broad SMARTS) is 1. The number of hydrogen-bond acceptors (Lipinski definition) is 3. The molecule has 0 radical (unpaired) electrons. The number of hydrogen-bond donors (Lipinski definition) is 2. The van der Waals surface area contributed by atoms with Crippen molar-refractivity contribution in [2.45, 2.75) is 28.9 Å². The fourth-order valence-electron chi connectivity index (χ4n) is 0.873. The number of carbonyl (C=O) groups is 1. The van der Waals surface area contributed by atoms with Crippen molar-refractivity contribution in [3.8, 4) is 0 Å². The summed E-state index contributed by atoms with van der Waals surface area (Å²) in [5.74, 6) is -34.4. The zero-order valence-corrected chi connectivity index (χ0v) is 10.1. The summed E-state index contributed by atoms with van der Waals surface area (Å²) in [4.78, 5) is 9.72. The lowest BCUT2D eigenvalue weighted by atomic mass is 9.98. The number of alkyl halides is 10. The Hall–Kier alpha value is -1.32. The van der Waals surface area contributed by atoms with Gasteiger partial charge in [-0.1, -0.05) is 0 Å². The van der Waals surface area contributed by atoms with Gasteiger partial charge in [0, 0.05) is 0 Å². The van der Waals surface area contributed by atoms with Gasteiger partial charge in [0.1, 0.15) is 0 Å². The van der Waals surface area contributed by atoms with Gasteiger partial charge >= 0.3 is 45.0 Å². The molecule has 0 bridgehead atoms. The molecule has 2 N–H and O–H groups in total. The van der Waals surface area contributed by atoms with Crippen molar-refractivity contribution >= 4 is 16.1 Å². The second-order valence-electron chi connectivity index (χ2n) is 3.59. The van der Waals surface area contributed by atoms with E-state index in [0.29, 0.717) is 0 Å². The van der Waals surface area contributed by atoms with Gasteiger partial charge in [0.05, 0.1) is 0 Å². The highest BCUT2D eigenvalue weighted by molar-refractivity contribution is 7.87. The van der Waals surface area contributed by atoms with E-state index in [4.69, 9.17) is 9.66 Å². The van der Waals surface area contributed by atoms with Gasteiger partial charge in [-0.3, -0.25) is 4.55 Å². The van der Waals surface area contributed by atoms with Crippen LogP contribution in [0.1, 0.15) is 0 Å². The molecule has 0 unspecified atom stereocenters. The molecule has 0 aliphatic rings. The van der Waals surface area contributed by atoms with Gasteiger partial charge in [0.15, 0.2) is 0 Å². The summed E-state index contributed by atoms with van der Waals surface area (Å²) >= 11 is 0. The molecule has 16 heteroatoms. The quantitative estimate of drug-likeness (QED) is 0.547. The summed E-state index contributed by atoms with van der Waals surface area (Å²) in [6.45, 7) is 0. The number of rotatable bonds is 6. The maximum Gasteiger partial charge on any atom is 0.438 e. The lowest BCUT2D eigenvalue weighted by Gasteiger charge is -2.36. The van der Waals surface area contributed by atoms with Gasteiger partial charge in [0.25, 0.3) is 0 Å². The topological polar surface area (TPSA) is 91.7 Å². The molecule has 0 saturated heterocycles. The maximum absolute atomic E-state index is 12.8. The van der Waals surface area contributed by atoms with Crippen LogP contribution in [0.25, 0.3) is 0 Å². The van der Waals surface area contributed by atoms with Gasteiger partial charge < -0.3 is 5.11 Å². The van der Waals surface area contributed by atoms with Crippen LogP contribution in [-0.4, -0.2) is 53.0 Å². The van der Waals surface area contributed by atoms with E-state index in [1.54, 1.807) is 0 Å². The third-order valence-corrected chi connectivity index (χ3v) is 3.05. The fourth-order valence-corrected chi connectivity index (χ4v) is 1.33. The zero-order valence-electron chi connectivity index (χ0n) is 9.31. The molecule has 0 fully saturated rings. The predicted octanol–water partition coefficient (Wildman–Crippen LogP) is 2.09. The molecule has 0 rings (SSSR count). The Morgan fingerprint density at radius 3 is 1.27 bits per heavy atom. The Bertz CT molecular complexity index is 566. The Balaban J connectivity index is 6.41. The second-order valence-corrected chi connectivity index (χ2v) is 5.06. The number of halogens is 10. The number of carboxylic acids is 1. The molecular weight excluding hydrogens is 374 g/mol. The van der Waals surface area contributed by atoms with Crippen molar-refractivity contribution in [2.75, 3.05) is 0 Å². The zero-order chi connectivity index (χ0) is 18.6. The van der Waals surface area contributed by atoms with E-state index in [-0.39, 0.29) is 0 Å². The first-order valence-electron chi connectivity index (χ1n) is 4.29. The summed E-state index contributed by atoms with van der Waals surface area (Å²) in [6.07, 6.45) is 0. The minimum atomic E-state index is -7.89. The van der Waals surface area contributed by atoms with Gasteiger partial charge in [-0.25, -0.2) is 4.79 Å². The van der Waals surface area contributed by atoms with E-state index < -0.39 is 45.0 Å². The monoisotopic (exact) mass is 376 g/mol. The molecule has 0 spiro atoms. The summed E-state index contributed by atoms with van der Waals surface area (Å²) < 4.78 is 154. The van der Waals surface area contributed by atoms with Crippen molar-refractivity contribution in [3.05, 3.63) is 0 Å². The van der Waals surface area contributed by atoms with E-state index in [9.17, 15) is 57.1 Å². The van der Waals surface area contributed by atoms with Gasteiger partial charge in [0.2, 0.25) is 0 Å². The van der Waals surface area contributed by atoms with Crippen molar-refractivity contribution in [3.63, 3.8) is 0 Å². The van der Waals surface area contributed by atoms with Crippen molar-refractivity contribution in [1.29, 1.82) is 0 Å². The van der Waals surface area contributed by atoms with Gasteiger partial charge in [-0.2, -0.15) is 52.3 Å². The van der Waals surface area contributed by atoms with E-state index in [0.717, 1.165) is 0 Å². The lowest BCUT2D eigenvalue weighted by molar-refractivity contribution is -0.384. The van der Waals surface area contributed by atoms with E-state index in [1.807, 2.05) is 0 Å². The molecule has 0 saturated carbocycles. The van der Waals surface area contributed by atoms with Crippen LogP contribution in [0.3, 0.4) is 0 Å². The minimum Gasteiger partial charge on any atom is -0.477 e. The minimum absolute atomic E-state index is 4.08. The fraction of sp³-hybridized carbons (Fsp3) is 0.833. The summed E-state index contributed by atoms with van der Waals surface area (Å²) in [7, 11) is -7.46. The van der Waals surface area contributed by atoms with Crippen LogP contribution >= 0.6 is 0 Å². The van der Waals surface area contributed by atoms with Gasteiger partial charge in [-0.05, 0) is 0 Å². The summed E-state index contributed by atoms with van der Waals surface area (Å²) in [6, 6.07) is 0. The standard InChI is InChI=1S/C6H2F10O5S/c7-2(8,1(17)18)3(9,10)4(11,12)5(13,14)6(15,16)22(19,20)21/h(H,17,18)(H,19,20,21). The Morgan fingerprint density at radius 1 is 0.727 bits per heavy atom. The first-order chi connectivity index (χ1) is 9.19. The highest BCUT2D eigenvalue weighted by Crippen LogP contribution is 2.57. The van der Waals surface area contributed by atoms with E-state index in [1.165, 1.54) is 0 Å². The van der Waals surface area contributed by atoms with Crippen LogP contribution in [0, 0.1) is 0 Å². The molecule has 132 valence electrons. The van der Waals surface area contributed by atoms with Crippen LogP contribution in [0.2, 0.25) is 0 Å². The van der Waals surface area contributed by atoms with Gasteiger partial charge in [-0.15, -0.1) is 0 Å². The SMILES string of the molecule is O=C(O)C(F)(F)C(F)(F)C(F)(F)C(F)(F)C(F)(F)S(=O)(=O)O. The molecule has 0 amide bonds. The highest BCUT2D eigenvalue weighted by atomic mass is 32.2. The summed E-state index contributed by atoms with van der Waals surface area (Å²) in [5.41, 5.74) is 0. The molecule has 22 heavy (non-hydrogen) atoms. The molecule has 0 aromatic rings. The second kappa shape index (κ2) is 4.84. The first kappa shape index (κ1) is 20.7. The largest absolute Gasteiger partial charge is 0.477 e. The smallest absolute Gasteiger partial charge is 0.438 e. The van der Waals surface area contributed by atoms with Crippen LogP contribution in [0.4, 0.5) is 43.9 Å². The normalized spacial score (nSPS) is 15.8. The average Bonchev–Trinajstić information content (AvgIpc) is 2.25. The Labute approximate surface area is 113 Å².